The van der Waals surface area contributed by atoms with Gasteiger partial charge in [-0.05, 0) is 34.8 Å². The Balaban J connectivity index is 2.09. The van der Waals surface area contributed by atoms with Gasteiger partial charge in [0, 0.05) is 10.2 Å². The van der Waals surface area contributed by atoms with Gasteiger partial charge in [-0.1, -0.05) is 35.0 Å². The van der Waals surface area contributed by atoms with Crippen molar-refractivity contribution in [2.45, 2.75) is 25.0 Å². The molecule has 9 heteroatoms. The van der Waals surface area contributed by atoms with Crippen LogP contribution in [0.5, 0.6) is 0 Å². The van der Waals surface area contributed by atoms with E-state index >= 15 is 0 Å². The van der Waals surface area contributed by atoms with E-state index in [9.17, 15) is 4.79 Å². The first-order chi connectivity index (χ1) is 11.5. The standard InChI is InChI=1S/C15H17BrN6OS/c1-2-7-24(18)14-20-12(17)11-13(21-14)22(15(23)19-11)8-9-3-5-10(16)6-4-9/h3-6,18H,2,7-8H2,1H3,(H,19,23)(H2,17,20,21). The minimum absolute atomic E-state index is 0.211. The van der Waals surface area contributed by atoms with Crippen molar-refractivity contribution >= 4 is 43.6 Å². The minimum atomic E-state index is -0.836. The highest BCUT2D eigenvalue weighted by molar-refractivity contribution is 9.10. The zero-order valence-corrected chi connectivity index (χ0v) is 15.4. The summed E-state index contributed by atoms with van der Waals surface area (Å²) in [5.41, 5.74) is 7.53. The van der Waals surface area contributed by atoms with E-state index in [-0.39, 0.29) is 11.5 Å². The van der Waals surface area contributed by atoms with Crippen molar-refractivity contribution in [3.8, 4) is 0 Å². The van der Waals surface area contributed by atoms with E-state index in [1.165, 1.54) is 4.57 Å². The number of anilines is 1. The third-order valence-corrected chi connectivity index (χ3v) is 5.48. The first-order valence-electron chi connectivity index (χ1n) is 7.42. The van der Waals surface area contributed by atoms with Crippen molar-refractivity contribution in [3.05, 3.63) is 44.8 Å². The van der Waals surface area contributed by atoms with Gasteiger partial charge in [-0.25, -0.2) is 14.8 Å². The average Bonchev–Trinajstić information content (AvgIpc) is 2.87. The fraction of sp³-hybridized carbons (Fsp3) is 0.267. The molecule has 0 bridgehead atoms. The first-order valence-corrected chi connectivity index (χ1v) is 9.61. The van der Waals surface area contributed by atoms with Gasteiger partial charge < -0.3 is 10.7 Å². The van der Waals surface area contributed by atoms with Gasteiger partial charge in [0.1, 0.15) is 5.52 Å². The highest BCUT2D eigenvalue weighted by Gasteiger charge is 2.15. The van der Waals surface area contributed by atoms with E-state index in [4.69, 9.17) is 10.5 Å². The van der Waals surface area contributed by atoms with Crippen molar-refractivity contribution in [2.24, 2.45) is 0 Å². The summed E-state index contributed by atoms with van der Waals surface area (Å²) < 4.78 is 10.7. The summed E-state index contributed by atoms with van der Waals surface area (Å²) in [6, 6.07) is 7.72. The molecule has 0 saturated carbocycles. The van der Waals surface area contributed by atoms with Crippen LogP contribution in [0.3, 0.4) is 0 Å². The average molecular weight is 409 g/mol. The van der Waals surface area contributed by atoms with Gasteiger partial charge in [0.15, 0.2) is 11.5 Å². The Hall–Kier alpha value is -2.00. The molecule has 1 atom stereocenters. The quantitative estimate of drug-likeness (QED) is 0.562. The predicted molar refractivity (Wildman–Crippen MR) is 99.3 cm³/mol. The molecule has 126 valence electrons. The molecule has 7 nitrogen and oxygen atoms in total. The second-order valence-corrected chi connectivity index (χ2v) is 7.80. The molecule has 3 aromatic rings. The summed E-state index contributed by atoms with van der Waals surface area (Å²) in [6.07, 6.45) is 0.868. The molecule has 0 radical (unpaired) electrons. The summed E-state index contributed by atoms with van der Waals surface area (Å²) in [4.78, 5) is 23.7. The molecule has 2 aromatic heterocycles. The Morgan fingerprint density at radius 1 is 1.33 bits per heavy atom. The molecule has 0 fully saturated rings. The molecule has 4 N–H and O–H groups in total. The minimum Gasteiger partial charge on any atom is -0.382 e. The van der Waals surface area contributed by atoms with Crippen LogP contribution in [0.4, 0.5) is 5.82 Å². The number of imidazole rings is 1. The van der Waals surface area contributed by atoms with E-state index in [0.717, 1.165) is 16.5 Å². The summed E-state index contributed by atoms with van der Waals surface area (Å²) in [5.74, 6) is 0.884. The number of rotatable bonds is 5. The maximum atomic E-state index is 12.3. The molecule has 0 saturated heterocycles. The van der Waals surface area contributed by atoms with Crippen LogP contribution in [-0.2, 0) is 17.2 Å². The summed E-state index contributed by atoms with van der Waals surface area (Å²) in [6.45, 7) is 2.39. The van der Waals surface area contributed by atoms with E-state index < -0.39 is 10.7 Å². The molecule has 0 aliphatic heterocycles. The van der Waals surface area contributed by atoms with Gasteiger partial charge in [0.05, 0.1) is 6.54 Å². The molecular weight excluding hydrogens is 392 g/mol. The number of nitrogen functional groups attached to an aromatic ring is 1. The zero-order valence-electron chi connectivity index (χ0n) is 13.0. The lowest BCUT2D eigenvalue weighted by atomic mass is 10.2. The topological polar surface area (TPSA) is 113 Å². The first kappa shape index (κ1) is 16.8. The van der Waals surface area contributed by atoms with Gasteiger partial charge in [0.25, 0.3) is 0 Å². The van der Waals surface area contributed by atoms with Crippen molar-refractivity contribution in [2.75, 3.05) is 11.5 Å². The van der Waals surface area contributed by atoms with Crippen LogP contribution in [-0.4, -0.2) is 25.3 Å². The number of hydrogen-bond acceptors (Lipinski definition) is 5. The molecule has 0 aliphatic rings. The van der Waals surface area contributed by atoms with Crippen molar-refractivity contribution in [1.29, 1.82) is 4.78 Å². The van der Waals surface area contributed by atoms with Crippen LogP contribution in [0.1, 0.15) is 18.9 Å². The number of fused-ring (bicyclic) bond motifs is 1. The summed E-state index contributed by atoms with van der Waals surface area (Å²) >= 11 is 3.40. The molecule has 2 heterocycles. The third-order valence-electron chi connectivity index (χ3n) is 3.51. The largest absolute Gasteiger partial charge is 0.382 e. The highest BCUT2D eigenvalue weighted by atomic mass is 79.9. The lowest BCUT2D eigenvalue weighted by Crippen LogP contribution is -2.18. The van der Waals surface area contributed by atoms with Crippen LogP contribution in [0, 0.1) is 4.78 Å². The van der Waals surface area contributed by atoms with Gasteiger partial charge >= 0.3 is 5.69 Å². The number of hydrogen-bond donors (Lipinski definition) is 3. The fourth-order valence-corrected chi connectivity index (χ4v) is 3.62. The SMILES string of the molecule is CCCS(=N)c1nc(N)c2[nH]c(=O)n(Cc3ccc(Br)cc3)c2n1. The number of nitrogens with zero attached hydrogens (tertiary/aromatic N) is 3. The van der Waals surface area contributed by atoms with E-state index in [1.807, 2.05) is 31.2 Å². The van der Waals surface area contributed by atoms with Crippen molar-refractivity contribution in [1.82, 2.24) is 19.5 Å². The maximum absolute atomic E-state index is 12.3. The normalized spacial score (nSPS) is 12.6. The Morgan fingerprint density at radius 2 is 2.04 bits per heavy atom. The van der Waals surface area contributed by atoms with Crippen LogP contribution in [0.15, 0.2) is 38.7 Å². The Morgan fingerprint density at radius 3 is 2.71 bits per heavy atom. The van der Waals surface area contributed by atoms with Crippen LogP contribution < -0.4 is 11.4 Å². The zero-order chi connectivity index (χ0) is 17.3. The Kier molecular flexibility index (Phi) is 4.81. The molecule has 0 spiro atoms. The summed E-state index contributed by atoms with van der Waals surface area (Å²) in [5, 5.41) is 0.380. The Labute approximate surface area is 149 Å². The number of aromatic amines is 1. The molecule has 1 unspecified atom stereocenters. The molecular formula is C15H17BrN6OS. The van der Waals surface area contributed by atoms with Crippen LogP contribution >= 0.6 is 15.9 Å². The van der Waals surface area contributed by atoms with Gasteiger partial charge in [-0.3, -0.25) is 9.35 Å². The number of benzene rings is 1. The monoisotopic (exact) mass is 408 g/mol. The number of aromatic nitrogens is 4. The van der Waals surface area contributed by atoms with Crippen molar-refractivity contribution < 1.29 is 0 Å². The fourth-order valence-electron chi connectivity index (χ4n) is 2.36. The van der Waals surface area contributed by atoms with E-state index in [1.54, 1.807) is 0 Å². The lowest BCUT2D eigenvalue weighted by Gasteiger charge is -2.07. The number of nitrogens with two attached hydrogens (primary N) is 1. The van der Waals surface area contributed by atoms with Gasteiger partial charge in [-0.15, -0.1) is 0 Å². The smallest absolute Gasteiger partial charge is 0.328 e. The number of H-pyrrole nitrogens is 1. The second-order valence-electron chi connectivity index (χ2n) is 5.33. The van der Waals surface area contributed by atoms with Crippen LogP contribution in [0.25, 0.3) is 11.2 Å². The predicted octanol–water partition coefficient (Wildman–Crippen LogP) is 2.66. The molecule has 24 heavy (non-hydrogen) atoms. The molecule has 0 amide bonds. The van der Waals surface area contributed by atoms with Crippen molar-refractivity contribution in [3.63, 3.8) is 0 Å². The molecule has 0 aliphatic carbocycles. The second kappa shape index (κ2) is 6.86. The van der Waals surface area contributed by atoms with Crippen LogP contribution in [0.2, 0.25) is 0 Å². The van der Waals surface area contributed by atoms with E-state index in [2.05, 4.69) is 30.9 Å². The summed E-state index contributed by atoms with van der Waals surface area (Å²) in [7, 11) is -0.836. The van der Waals surface area contributed by atoms with Gasteiger partial charge in [-0.2, -0.15) is 0 Å². The molecule has 3 rings (SSSR count). The highest BCUT2D eigenvalue weighted by Crippen LogP contribution is 2.18. The Bertz CT molecular complexity index is 962. The number of halogens is 1. The van der Waals surface area contributed by atoms with Gasteiger partial charge in [0.2, 0.25) is 5.16 Å². The maximum Gasteiger partial charge on any atom is 0.328 e. The number of nitrogens with one attached hydrogen (secondary N) is 2. The lowest BCUT2D eigenvalue weighted by molar-refractivity contribution is 0.771. The van der Waals surface area contributed by atoms with E-state index in [0.29, 0.717) is 28.6 Å². The third kappa shape index (κ3) is 3.27. The molecule has 1 aromatic carbocycles.